The van der Waals surface area contributed by atoms with Crippen LogP contribution < -0.4 is 0 Å². The monoisotopic (exact) mass is 364 g/mol. The maximum absolute atomic E-state index is 12.7. The zero-order valence-corrected chi connectivity index (χ0v) is 14.2. The molecule has 0 bridgehead atoms. The fraction of sp³-hybridized carbons (Fsp3) is 0.0952. The predicted molar refractivity (Wildman–Crippen MR) is 97.8 cm³/mol. The van der Waals surface area contributed by atoms with Gasteiger partial charge in [0.25, 0.3) is 0 Å². The van der Waals surface area contributed by atoms with E-state index in [1.807, 2.05) is 60.7 Å². The number of carbonyl (C=O) groups is 1. The van der Waals surface area contributed by atoms with Gasteiger partial charge < -0.3 is 0 Å². The van der Waals surface area contributed by atoms with Crippen LogP contribution in [-0.4, -0.2) is 5.78 Å². The fourth-order valence-corrected chi connectivity index (χ4v) is 3.00. The first-order chi connectivity index (χ1) is 11.2. The summed E-state index contributed by atoms with van der Waals surface area (Å²) in [5.74, 6) is 0.236. The Bertz CT molecular complexity index is 764. The number of hydrogen-bond donors (Lipinski definition) is 0. The molecule has 0 radical (unpaired) electrons. The summed E-state index contributed by atoms with van der Waals surface area (Å²) in [5.41, 5.74) is 3.09. The molecule has 0 N–H and O–H groups in total. The number of rotatable bonds is 5. The number of carbonyl (C=O) groups excluding carboxylic acids is 1. The Morgan fingerprint density at radius 2 is 1.26 bits per heavy atom. The highest BCUT2D eigenvalue weighted by atomic mass is 79.9. The lowest BCUT2D eigenvalue weighted by molar-refractivity contribution is 0.0977. The van der Waals surface area contributed by atoms with Crippen LogP contribution in [0.3, 0.4) is 0 Å². The van der Waals surface area contributed by atoms with Crippen molar-refractivity contribution in [2.75, 3.05) is 0 Å². The summed E-state index contributed by atoms with van der Waals surface area (Å²) in [6.07, 6.45) is 0.468. The standard InChI is InChI=1S/C21H17BrO/c22-19-13-11-17(12-14-19)20(16-7-3-1-4-8-16)15-21(23)18-9-5-2-6-10-18/h1-14,20H,15H2. The molecule has 1 nitrogen and oxygen atoms in total. The molecule has 0 spiro atoms. The summed E-state index contributed by atoms with van der Waals surface area (Å²) >= 11 is 3.47. The quantitative estimate of drug-likeness (QED) is 0.518. The molecule has 0 saturated carbocycles. The van der Waals surface area contributed by atoms with Crippen LogP contribution in [0.5, 0.6) is 0 Å². The van der Waals surface area contributed by atoms with Crippen molar-refractivity contribution in [3.63, 3.8) is 0 Å². The second-order valence-corrected chi connectivity index (χ2v) is 6.42. The third-order valence-electron chi connectivity index (χ3n) is 3.96. The van der Waals surface area contributed by atoms with Gasteiger partial charge in [0.15, 0.2) is 5.78 Å². The first-order valence-corrected chi connectivity index (χ1v) is 8.42. The van der Waals surface area contributed by atoms with Crippen molar-refractivity contribution in [2.24, 2.45) is 0 Å². The average Bonchev–Trinajstić information content (AvgIpc) is 2.62. The third kappa shape index (κ3) is 3.96. The molecule has 0 aliphatic rings. The minimum absolute atomic E-state index is 0.0667. The molecule has 3 aromatic rings. The SMILES string of the molecule is O=C(CC(c1ccccc1)c1ccc(Br)cc1)c1ccccc1. The number of ketones is 1. The molecule has 2 heteroatoms. The van der Waals surface area contributed by atoms with Crippen LogP contribution >= 0.6 is 15.9 Å². The van der Waals surface area contributed by atoms with E-state index in [0.29, 0.717) is 6.42 Å². The fourth-order valence-electron chi connectivity index (χ4n) is 2.74. The van der Waals surface area contributed by atoms with Gasteiger partial charge in [-0.25, -0.2) is 0 Å². The Kier molecular flexibility index (Phi) is 5.04. The minimum atomic E-state index is 0.0667. The summed E-state index contributed by atoms with van der Waals surface area (Å²) in [7, 11) is 0. The second kappa shape index (κ2) is 7.38. The highest BCUT2D eigenvalue weighted by molar-refractivity contribution is 9.10. The van der Waals surface area contributed by atoms with Gasteiger partial charge in [-0.15, -0.1) is 0 Å². The lowest BCUT2D eigenvalue weighted by Crippen LogP contribution is -2.09. The molecule has 0 saturated heterocycles. The summed E-state index contributed by atoms with van der Waals surface area (Å²) in [5, 5.41) is 0. The first kappa shape index (κ1) is 15.7. The maximum atomic E-state index is 12.7. The van der Waals surface area contributed by atoms with Gasteiger partial charge in [-0.3, -0.25) is 4.79 Å². The molecule has 0 aliphatic carbocycles. The van der Waals surface area contributed by atoms with Crippen LogP contribution in [0.15, 0.2) is 89.4 Å². The molecule has 0 fully saturated rings. The molecule has 1 unspecified atom stereocenters. The number of halogens is 1. The van der Waals surface area contributed by atoms with Crippen LogP contribution in [0.1, 0.15) is 33.8 Å². The summed E-state index contributed by atoms with van der Waals surface area (Å²) in [6, 6.07) is 27.9. The van der Waals surface area contributed by atoms with E-state index in [2.05, 4.69) is 40.2 Å². The molecule has 0 heterocycles. The summed E-state index contributed by atoms with van der Waals surface area (Å²) in [6.45, 7) is 0. The van der Waals surface area contributed by atoms with E-state index in [9.17, 15) is 4.79 Å². The summed E-state index contributed by atoms with van der Waals surface area (Å²) < 4.78 is 1.04. The van der Waals surface area contributed by atoms with Gasteiger partial charge in [-0.05, 0) is 23.3 Å². The van der Waals surface area contributed by atoms with Crippen LogP contribution in [0.25, 0.3) is 0 Å². The molecule has 0 aromatic heterocycles. The van der Waals surface area contributed by atoms with Gasteiger partial charge in [-0.1, -0.05) is 88.7 Å². The summed E-state index contributed by atoms with van der Waals surface area (Å²) in [4.78, 5) is 12.7. The Morgan fingerprint density at radius 3 is 1.87 bits per heavy atom. The normalized spacial score (nSPS) is 11.9. The van der Waals surface area contributed by atoms with Crippen molar-refractivity contribution < 1.29 is 4.79 Å². The molecule has 1 atom stereocenters. The molecule has 3 aromatic carbocycles. The van der Waals surface area contributed by atoms with Crippen LogP contribution in [0, 0.1) is 0 Å². The molecule has 3 rings (SSSR count). The van der Waals surface area contributed by atoms with E-state index in [1.54, 1.807) is 0 Å². The molecular formula is C21H17BrO. The highest BCUT2D eigenvalue weighted by Crippen LogP contribution is 2.30. The van der Waals surface area contributed by atoms with Gasteiger partial charge >= 0.3 is 0 Å². The Labute approximate surface area is 145 Å². The van der Waals surface area contributed by atoms with Gasteiger partial charge in [0.05, 0.1) is 0 Å². The van der Waals surface area contributed by atoms with Crippen LogP contribution in [0.4, 0.5) is 0 Å². The van der Waals surface area contributed by atoms with Crippen molar-refractivity contribution in [2.45, 2.75) is 12.3 Å². The largest absolute Gasteiger partial charge is 0.294 e. The number of hydrogen-bond acceptors (Lipinski definition) is 1. The molecule has 23 heavy (non-hydrogen) atoms. The van der Waals surface area contributed by atoms with E-state index in [4.69, 9.17) is 0 Å². The van der Waals surface area contributed by atoms with E-state index in [-0.39, 0.29) is 11.7 Å². The zero-order valence-electron chi connectivity index (χ0n) is 12.7. The molecule has 114 valence electrons. The first-order valence-electron chi connectivity index (χ1n) is 7.62. The van der Waals surface area contributed by atoms with E-state index < -0.39 is 0 Å². The third-order valence-corrected chi connectivity index (χ3v) is 4.49. The van der Waals surface area contributed by atoms with Gasteiger partial charge in [0.1, 0.15) is 0 Å². The Morgan fingerprint density at radius 1 is 0.739 bits per heavy atom. The van der Waals surface area contributed by atoms with Crippen molar-refractivity contribution in [1.29, 1.82) is 0 Å². The number of benzene rings is 3. The average molecular weight is 365 g/mol. The zero-order chi connectivity index (χ0) is 16.1. The maximum Gasteiger partial charge on any atom is 0.163 e. The lowest BCUT2D eigenvalue weighted by Gasteiger charge is -2.17. The lowest BCUT2D eigenvalue weighted by atomic mass is 9.86. The van der Waals surface area contributed by atoms with Crippen molar-refractivity contribution in [1.82, 2.24) is 0 Å². The highest BCUT2D eigenvalue weighted by Gasteiger charge is 2.19. The van der Waals surface area contributed by atoms with E-state index in [0.717, 1.165) is 15.6 Å². The van der Waals surface area contributed by atoms with Crippen molar-refractivity contribution >= 4 is 21.7 Å². The Hall–Kier alpha value is -2.19. The van der Waals surface area contributed by atoms with E-state index >= 15 is 0 Å². The van der Waals surface area contributed by atoms with Gasteiger partial charge in [0.2, 0.25) is 0 Å². The molecular weight excluding hydrogens is 348 g/mol. The van der Waals surface area contributed by atoms with Crippen LogP contribution in [0.2, 0.25) is 0 Å². The van der Waals surface area contributed by atoms with Crippen molar-refractivity contribution in [3.05, 3.63) is 106 Å². The van der Waals surface area contributed by atoms with Crippen LogP contribution in [-0.2, 0) is 0 Å². The smallest absolute Gasteiger partial charge is 0.163 e. The topological polar surface area (TPSA) is 17.1 Å². The molecule has 0 amide bonds. The van der Waals surface area contributed by atoms with Crippen molar-refractivity contribution in [3.8, 4) is 0 Å². The van der Waals surface area contributed by atoms with Gasteiger partial charge in [0, 0.05) is 22.4 Å². The minimum Gasteiger partial charge on any atom is -0.294 e. The van der Waals surface area contributed by atoms with Gasteiger partial charge in [-0.2, -0.15) is 0 Å². The Balaban J connectivity index is 1.93. The predicted octanol–water partition coefficient (Wildman–Crippen LogP) is 5.85. The number of Topliss-reactive ketones (excluding diaryl/α,β-unsaturated/α-hetero) is 1. The van der Waals surface area contributed by atoms with E-state index in [1.165, 1.54) is 5.56 Å². The molecule has 0 aliphatic heterocycles. The second-order valence-electron chi connectivity index (χ2n) is 5.51.